The van der Waals surface area contributed by atoms with Crippen molar-refractivity contribution in [2.24, 2.45) is 4.99 Å². The molecule has 1 aliphatic carbocycles. The van der Waals surface area contributed by atoms with Crippen LogP contribution in [0, 0.1) is 0 Å². The van der Waals surface area contributed by atoms with Crippen molar-refractivity contribution in [1.82, 2.24) is 10.6 Å². The summed E-state index contributed by atoms with van der Waals surface area (Å²) in [5.41, 5.74) is 2.88. The maximum atomic E-state index is 5.30. The van der Waals surface area contributed by atoms with Gasteiger partial charge in [0.2, 0.25) is 0 Å². The van der Waals surface area contributed by atoms with E-state index >= 15 is 0 Å². The molecule has 1 aromatic rings. The number of benzene rings is 1. The number of aliphatic imine (C=N–C) groups is 1. The Balaban J connectivity index is 0.00000200. The van der Waals surface area contributed by atoms with Crippen molar-refractivity contribution >= 4 is 29.9 Å². The van der Waals surface area contributed by atoms with Crippen molar-refractivity contribution in [3.63, 3.8) is 0 Å². The number of methoxy groups -OCH3 is 1. The predicted octanol–water partition coefficient (Wildman–Crippen LogP) is 2.53. The largest absolute Gasteiger partial charge is 0.497 e. The summed E-state index contributed by atoms with van der Waals surface area (Å²) in [6.07, 6.45) is 3.63. The van der Waals surface area contributed by atoms with Crippen LogP contribution in [-0.4, -0.2) is 33.7 Å². The number of guanidine groups is 1. The van der Waals surface area contributed by atoms with Gasteiger partial charge in [0, 0.05) is 26.6 Å². The summed E-state index contributed by atoms with van der Waals surface area (Å²) in [5.74, 6) is 2.36. The van der Waals surface area contributed by atoms with E-state index < -0.39 is 0 Å². The Kier molecular flexibility index (Phi) is 7.12. The lowest BCUT2D eigenvalue weighted by Crippen LogP contribution is -2.37. The SMILES string of the molecule is CN=C(NC)NCC1CCCc2cc(OC)ccc21.I. The molecule has 5 heteroatoms. The summed E-state index contributed by atoms with van der Waals surface area (Å²) >= 11 is 0. The minimum Gasteiger partial charge on any atom is -0.497 e. The van der Waals surface area contributed by atoms with Crippen LogP contribution in [0.5, 0.6) is 5.75 Å². The average molecular weight is 389 g/mol. The molecule has 0 saturated carbocycles. The van der Waals surface area contributed by atoms with Crippen molar-refractivity contribution in [3.8, 4) is 5.75 Å². The summed E-state index contributed by atoms with van der Waals surface area (Å²) in [6.45, 7) is 0.923. The van der Waals surface area contributed by atoms with Crippen LogP contribution in [-0.2, 0) is 6.42 Å². The third-order valence-electron chi connectivity index (χ3n) is 3.76. The maximum Gasteiger partial charge on any atom is 0.190 e. The topological polar surface area (TPSA) is 45.7 Å². The fourth-order valence-electron chi connectivity index (χ4n) is 2.73. The van der Waals surface area contributed by atoms with E-state index in [1.807, 2.05) is 7.05 Å². The van der Waals surface area contributed by atoms with Gasteiger partial charge in [0.05, 0.1) is 7.11 Å². The molecule has 0 amide bonds. The summed E-state index contributed by atoms with van der Waals surface area (Å²) in [7, 11) is 5.40. The first-order chi connectivity index (χ1) is 9.28. The molecule has 0 saturated heterocycles. The molecule has 0 spiro atoms. The van der Waals surface area contributed by atoms with Crippen LogP contribution in [0.25, 0.3) is 0 Å². The number of fused-ring (bicyclic) bond motifs is 1. The fourth-order valence-corrected chi connectivity index (χ4v) is 2.73. The number of hydrogen-bond acceptors (Lipinski definition) is 2. The van der Waals surface area contributed by atoms with Gasteiger partial charge in [-0.05, 0) is 42.5 Å². The average Bonchev–Trinajstić information content (AvgIpc) is 2.47. The van der Waals surface area contributed by atoms with Crippen molar-refractivity contribution in [2.45, 2.75) is 25.2 Å². The number of hydrogen-bond donors (Lipinski definition) is 2. The molecule has 1 unspecified atom stereocenters. The lowest BCUT2D eigenvalue weighted by Gasteiger charge is -2.26. The second-order valence-corrected chi connectivity index (χ2v) is 4.86. The molecular formula is C15H24IN3O. The molecule has 0 bridgehead atoms. The molecule has 20 heavy (non-hydrogen) atoms. The molecule has 0 aliphatic heterocycles. The van der Waals surface area contributed by atoms with Gasteiger partial charge in [-0.1, -0.05) is 6.07 Å². The fraction of sp³-hybridized carbons (Fsp3) is 0.533. The van der Waals surface area contributed by atoms with Crippen LogP contribution in [0.3, 0.4) is 0 Å². The molecule has 0 radical (unpaired) electrons. The molecule has 4 nitrogen and oxygen atoms in total. The van der Waals surface area contributed by atoms with Crippen molar-refractivity contribution in [3.05, 3.63) is 29.3 Å². The van der Waals surface area contributed by atoms with E-state index in [4.69, 9.17) is 4.74 Å². The van der Waals surface area contributed by atoms with E-state index in [-0.39, 0.29) is 24.0 Å². The zero-order valence-corrected chi connectivity index (χ0v) is 14.7. The van der Waals surface area contributed by atoms with Gasteiger partial charge in [-0.2, -0.15) is 0 Å². The van der Waals surface area contributed by atoms with Gasteiger partial charge in [-0.25, -0.2) is 0 Å². The second-order valence-electron chi connectivity index (χ2n) is 4.86. The van der Waals surface area contributed by atoms with E-state index in [2.05, 4.69) is 33.8 Å². The normalized spacial score (nSPS) is 17.8. The Morgan fingerprint density at radius 3 is 2.90 bits per heavy atom. The van der Waals surface area contributed by atoms with Crippen LogP contribution in [0.1, 0.15) is 29.9 Å². The van der Waals surface area contributed by atoms with Gasteiger partial charge in [0.15, 0.2) is 5.96 Å². The number of ether oxygens (including phenoxy) is 1. The lowest BCUT2D eigenvalue weighted by atomic mass is 9.82. The van der Waals surface area contributed by atoms with E-state index in [0.717, 1.165) is 24.7 Å². The smallest absolute Gasteiger partial charge is 0.190 e. The van der Waals surface area contributed by atoms with E-state index in [9.17, 15) is 0 Å². The summed E-state index contributed by atoms with van der Waals surface area (Å²) in [6, 6.07) is 6.44. The predicted molar refractivity (Wildman–Crippen MR) is 94.5 cm³/mol. The molecule has 1 atom stereocenters. The van der Waals surface area contributed by atoms with Crippen LogP contribution < -0.4 is 15.4 Å². The third-order valence-corrected chi connectivity index (χ3v) is 3.76. The number of nitrogens with zero attached hydrogens (tertiary/aromatic N) is 1. The van der Waals surface area contributed by atoms with E-state index in [1.54, 1.807) is 14.2 Å². The minimum absolute atomic E-state index is 0. The monoisotopic (exact) mass is 389 g/mol. The number of halogens is 1. The van der Waals surface area contributed by atoms with Gasteiger partial charge >= 0.3 is 0 Å². The molecule has 0 fully saturated rings. The molecule has 112 valence electrons. The number of aryl methyl sites for hydroxylation is 1. The molecule has 2 N–H and O–H groups in total. The highest BCUT2D eigenvalue weighted by Gasteiger charge is 2.20. The summed E-state index contributed by atoms with van der Waals surface area (Å²) in [4.78, 5) is 4.15. The zero-order valence-electron chi connectivity index (χ0n) is 12.4. The Morgan fingerprint density at radius 2 is 2.25 bits per heavy atom. The van der Waals surface area contributed by atoms with Crippen LogP contribution in [0.4, 0.5) is 0 Å². The quantitative estimate of drug-likeness (QED) is 0.475. The lowest BCUT2D eigenvalue weighted by molar-refractivity contribution is 0.412. The first kappa shape index (κ1) is 17.1. The van der Waals surface area contributed by atoms with E-state index in [0.29, 0.717) is 5.92 Å². The molecular weight excluding hydrogens is 365 g/mol. The molecule has 0 aromatic heterocycles. The highest BCUT2D eigenvalue weighted by Crippen LogP contribution is 2.33. The Labute approximate surface area is 138 Å². The number of nitrogens with one attached hydrogen (secondary N) is 2. The second kappa shape index (κ2) is 8.34. The van der Waals surface area contributed by atoms with Crippen molar-refractivity contribution in [1.29, 1.82) is 0 Å². The van der Waals surface area contributed by atoms with Gasteiger partial charge in [0.1, 0.15) is 5.75 Å². The first-order valence-electron chi connectivity index (χ1n) is 6.83. The molecule has 2 rings (SSSR count). The third kappa shape index (κ3) is 4.01. The van der Waals surface area contributed by atoms with Gasteiger partial charge in [-0.3, -0.25) is 4.99 Å². The summed E-state index contributed by atoms with van der Waals surface area (Å²) < 4.78 is 5.30. The first-order valence-corrected chi connectivity index (χ1v) is 6.83. The van der Waals surface area contributed by atoms with Gasteiger partial charge in [-0.15, -0.1) is 24.0 Å². The number of rotatable bonds is 3. The Hall–Kier alpha value is -0.980. The van der Waals surface area contributed by atoms with Crippen molar-refractivity contribution < 1.29 is 4.74 Å². The van der Waals surface area contributed by atoms with Gasteiger partial charge < -0.3 is 15.4 Å². The Bertz CT molecular complexity index is 462. The minimum atomic E-state index is 0. The highest BCUT2D eigenvalue weighted by atomic mass is 127. The van der Waals surface area contributed by atoms with Crippen LogP contribution in [0.2, 0.25) is 0 Å². The summed E-state index contributed by atoms with van der Waals surface area (Å²) in [5, 5.41) is 6.42. The van der Waals surface area contributed by atoms with E-state index in [1.165, 1.54) is 24.0 Å². The van der Waals surface area contributed by atoms with Crippen LogP contribution >= 0.6 is 24.0 Å². The molecule has 1 aliphatic rings. The maximum absolute atomic E-state index is 5.30. The highest BCUT2D eigenvalue weighted by molar-refractivity contribution is 14.0. The standard InChI is InChI=1S/C15H23N3O.HI/c1-16-15(17-2)18-10-12-6-4-5-11-9-13(19-3)7-8-14(11)12;/h7-9,12H,4-6,10H2,1-3H3,(H2,16,17,18);1H. The Morgan fingerprint density at radius 1 is 1.45 bits per heavy atom. The molecule has 1 aromatic carbocycles. The van der Waals surface area contributed by atoms with Crippen LogP contribution in [0.15, 0.2) is 23.2 Å². The van der Waals surface area contributed by atoms with Crippen molar-refractivity contribution in [2.75, 3.05) is 27.7 Å². The zero-order chi connectivity index (χ0) is 13.7. The van der Waals surface area contributed by atoms with Gasteiger partial charge in [0.25, 0.3) is 0 Å². The molecule has 0 heterocycles.